The lowest BCUT2D eigenvalue weighted by Crippen LogP contribution is -2.47. The minimum atomic E-state index is -0.464. The van der Waals surface area contributed by atoms with Gasteiger partial charge in [-0.15, -0.1) is 0 Å². The summed E-state index contributed by atoms with van der Waals surface area (Å²) in [6.07, 6.45) is 0.994. The van der Waals surface area contributed by atoms with Crippen LogP contribution < -0.4 is 9.64 Å². The molecule has 0 saturated carbocycles. The third-order valence-corrected chi connectivity index (χ3v) is 6.03. The van der Waals surface area contributed by atoms with Crippen LogP contribution in [0, 0.1) is 5.82 Å². The van der Waals surface area contributed by atoms with Crippen LogP contribution in [0.2, 0.25) is 0 Å². The van der Waals surface area contributed by atoms with Crippen LogP contribution in [0.3, 0.4) is 0 Å². The number of anilines is 1. The molecule has 0 atom stereocenters. The highest BCUT2D eigenvalue weighted by Crippen LogP contribution is 2.30. The standard InChI is InChI=1S/C24H29FN4O2/c1-24(2,19-7-9-20(25)10-8-19)22-26-23(31-27-22)29-15-13-28(14-16-29)12-11-18-5-4-6-21(17-18)30-3/h4-10,17H,11-16H2,1-3H3. The molecule has 0 unspecified atom stereocenters. The summed E-state index contributed by atoms with van der Waals surface area (Å²) in [6, 6.07) is 15.3. The Hall–Kier alpha value is -2.93. The van der Waals surface area contributed by atoms with Gasteiger partial charge in [-0.05, 0) is 55.7 Å². The largest absolute Gasteiger partial charge is 0.497 e. The van der Waals surface area contributed by atoms with Gasteiger partial charge in [-0.3, -0.25) is 4.90 Å². The van der Waals surface area contributed by atoms with Gasteiger partial charge in [-0.25, -0.2) is 4.39 Å². The van der Waals surface area contributed by atoms with Crippen molar-refractivity contribution >= 4 is 6.01 Å². The van der Waals surface area contributed by atoms with E-state index in [2.05, 4.69) is 32.1 Å². The van der Waals surface area contributed by atoms with Crippen molar-refractivity contribution < 1.29 is 13.7 Å². The average Bonchev–Trinajstić information content (AvgIpc) is 3.30. The van der Waals surface area contributed by atoms with Crippen molar-refractivity contribution in [3.8, 4) is 5.75 Å². The normalized spacial score (nSPS) is 15.3. The minimum Gasteiger partial charge on any atom is -0.497 e. The Morgan fingerprint density at radius 2 is 1.81 bits per heavy atom. The number of piperazine rings is 1. The molecule has 2 aromatic carbocycles. The highest BCUT2D eigenvalue weighted by molar-refractivity contribution is 5.34. The van der Waals surface area contributed by atoms with E-state index in [0.717, 1.165) is 50.5 Å². The molecule has 0 bridgehead atoms. The van der Waals surface area contributed by atoms with Crippen molar-refractivity contribution in [1.82, 2.24) is 15.0 Å². The number of hydrogen-bond acceptors (Lipinski definition) is 6. The Labute approximate surface area is 182 Å². The Bertz CT molecular complexity index is 995. The SMILES string of the molecule is COc1cccc(CCN2CCN(c3nc(C(C)(C)c4ccc(F)cc4)no3)CC2)c1. The van der Waals surface area contributed by atoms with E-state index in [1.165, 1.54) is 17.7 Å². The molecule has 0 N–H and O–H groups in total. The molecule has 2 heterocycles. The van der Waals surface area contributed by atoms with Gasteiger partial charge in [0.15, 0.2) is 5.82 Å². The van der Waals surface area contributed by atoms with Crippen LogP contribution in [0.4, 0.5) is 10.4 Å². The summed E-state index contributed by atoms with van der Waals surface area (Å²) >= 11 is 0. The van der Waals surface area contributed by atoms with Gasteiger partial charge in [0.05, 0.1) is 12.5 Å². The smallest absolute Gasteiger partial charge is 0.324 e. The molecule has 1 aliphatic heterocycles. The fourth-order valence-corrected chi connectivity index (χ4v) is 3.87. The van der Waals surface area contributed by atoms with E-state index in [1.807, 2.05) is 26.0 Å². The first kappa shape index (κ1) is 21.3. The average molecular weight is 425 g/mol. The summed E-state index contributed by atoms with van der Waals surface area (Å²) < 4.78 is 24.2. The van der Waals surface area contributed by atoms with Gasteiger partial charge < -0.3 is 14.2 Å². The second kappa shape index (κ2) is 9.06. The molecule has 4 rings (SSSR count). The third-order valence-electron chi connectivity index (χ3n) is 6.03. The van der Waals surface area contributed by atoms with Crippen molar-refractivity contribution in [2.75, 3.05) is 44.7 Å². The highest BCUT2D eigenvalue weighted by atomic mass is 19.1. The molecule has 1 fully saturated rings. The molecule has 1 aromatic heterocycles. The Kier molecular flexibility index (Phi) is 6.23. The van der Waals surface area contributed by atoms with E-state index >= 15 is 0 Å². The summed E-state index contributed by atoms with van der Waals surface area (Å²) in [7, 11) is 1.70. The molecule has 0 amide bonds. The monoisotopic (exact) mass is 424 g/mol. The van der Waals surface area contributed by atoms with Crippen LogP contribution in [0.25, 0.3) is 0 Å². The van der Waals surface area contributed by atoms with E-state index < -0.39 is 5.41 Å². The fourth-order valence-electron chi connectivity index (χ4n) is 3.87. The van der Waals surface area contributed by atoms with Crippen molar-refractivity contribution in [3.63, 3.8) is 0 Å². The first-order valence-corrected chi connectivity index (χ1v) is 10.7. The topological polar surface area (TPSA) is 54.6 Å². The molecule has 31 heavy (non-hydrogen) atoms. The number of methoxy groups -OCH3 is 1. The van der Waals surface area contributed by atoms with E-state index in [0.29, 0.717) is 11.8 Å². The number of hydrogen-bond donors (Lipinski definition) is 0. The molecule has 7 heteroatoms. The Balaban J connectivity index is 1.33. The molecule has 0 aliphatic carbocycles. The van der Waals surface area contributed by atoms with E-state index in [4.69, 9.17) is 9.26 Å². The molecular weight excluding hydrogens is 395 g/mol. The summed E-state index contributed by atoms with van der Waals surface area (Å²) in [4.78, 5) is 9.26. The number of halogens is 1. The zero-order chi connectivity index (χ0) is 21.8. The van der Waals surface area contributed by atoms with Gasteiger partial charge >= 0.3 is 6.01 Å². The summed E-state index contributed by atoms with van der Waals surface area (Å²) in [6.45, 7) is 8.63. The van der Waals surface area contributed by atoms with Gasteiger partial charge in [0, 0.05) is 32.7 Å². The lowest BCUT2D eigenvalue weighted by molar-refractivity contribution is 0.253. The molecule has 164 valence electrons. The Morgan fingerprint density at radius 1 is 1.06 bits per heavy atom. The first-order chi connectivity index (χ1) is 15.0. The van der Waals surface area contributed by atoms with Crippen LogP contribution in [0.15, 0.2) is 53.1 Å². The molecule has 1 saturated heterocycles. The maximum atomic E-state index is 13.3. The zero-order valence-electron chi connectivity index (χ0n) is 18.3. The zero-order valence-corrected chi connectivity index (χ0v) is 18.3. The second-order valence-corrected chi connectivity index (χ2v) is 8.46. The lowest BCUT2D eigenvalue weighted by atomic mass is 9.84. The maximum Gasteiger partial charge on any atom is 0.324 e. The Morgan fingerprint density at radius 3 is 2.52 bits per heavy atom. The van der Waals surface area contributed by atoms with Crippen LogP contribution >= 0.6 is 0 Å². The molecular formula is C24H29FN4O2. The number of rotatable bonds is 7. The van der Waals surface area contributed by atoms with Gasteiger partial charge in [-0.2, -0.15) is 4.98 Å². The third kappa shape index (κ3) is 4.88. The molecule has 1 aliphatic rings. The molecule has 3 aromatic rings. The predicted octanol–water partition coefficient (Wildman–Crippen LogP) is 3.91. The molecule has 0 spiro atoms. The highest BCUT2D eigenvalue weighted by Gasteiger charge is 2.30. The number of nitrogens with zero attached hydrogens (tertiary/aromatic N) is 4. The summed E-state index contributed by atoms with van der Waals surface area (Å²) in [5, 5.41) is 4.23. The van der Waals surface area contributed by atoms with Crippen molar-refractivity contribution in [2.24, 2.45) is 0 Å². The lowest BCUT2D eigenvalue weighted by Gasteiger charge is -2.33. The van der Waals surface area contributed by atoms with Gasteiger partial charge in [0.2, 0.25) is 0 Å². The predicted molar refractivity (Wildman–Crippen MR) is 118 cm³/mol. The van der Waals surface area contributed by atoms with Gasteiger partial charge in [0.1, 0.15) is 11.6 Å². The van der Waals surface area contributed by atoms with Gasteiger partial charge in [0.25, 0.3) is 0 Å². The molecule has 0 radical (unpaired) electrons. The van der Waals surface area contributed by atoms with Crippen molar-refractivity contribution in [2.45, 2.75) is 25.7 Å². The number of aromatic nitrogens is 2. The fraction of sp³-hybridized carbons (Fsp3) is 0.417. The van der Waals surface area contributed by atoms with E-state index in [9.17, 15) is 4.39 Å². The van der Waals surface area contributed by atoms with Crippen LogP contribution in [-0.4, -0.2) is 54.9 Å². The van der Waals surface area contributed by atoms with Gasteiger partial charge in [-0.1, -0.05) is 29.4 Å². The van der Waals surface area contributed by atoms with Crippen LogP contribution in [0.1, 0.15) is 30.8 Å². The van der Waals surface area contributed by atoms with Crippen LogP contribution in [0.5, 0.6) is 5.75 Å². The maximum absolute atomic E-state index is 13.3. The second-order valence-electron chi connectivity index (χ2n) is 8.46. The number of benzene rings is 2. The first-order valence-electron chi connectivity index (χ1n) is 10.7. The van der Waals surface area contributed by atoms with E-state index in [-0.39, 0.29) is 5.82 Å². The van der Waals surface area contributed by atoms with Crippen molar-refractivity contribution in [3.05, 3.63) is 71.3 Å². The minimum absolute atomic E-state index is 0.252. The van der Waals surface area contributed by atoms with Crippen LogP contribution in [-0.2, 0) is 11.8 Å². The molecule has 6 nitrogen and oxygen atoms in total. The van der Waals surface area contributed by atoms with E-state index in [1.54, 1.807) is 19.2 Å². The van der Waals surface area contributed by atoms with Crippen molar-refractivity contribution in [1.29, 1.82) is 0 Å². The summed E-state index contributed by atoms with van der Waals surface area (Å²) in [5.74, 6) is 1.25. The summed E-state index contributed by atoms with van der Waals surface area (Å²) in [5.41, 5.74) is 1.77. The quantitative estimate of drug-likeness (QED) is 0.573. The number of ether oxygens (including phenoxy) is 1.